The number of nitrogens with zero attached hydrogens (tertiary/aromatic N) is 2. The van der Waals surface area contributed by atoms with E-state index in [0.29, 0.717) is 5.56 Å². The second-order valence-corrected chi connectivity index (χ2v) is 8.27. The van der Waals surface area contributed by atoms with Gasteiger partial charge in [0.25, 0.3) is 5.91 Å². The molecule has 1 aliphatic heterocycles. The SMILES string of the molecule is COc1ccc2cc(C(=O)NC3CCN(Cc4ccc(Cl)cc4)CC3)c(C)nc2c1. The van der Waals surface area contributed by atoms with Gasteiger partial charge in [-0.2, -0.15) is 0 Å². The number of ether oxygens (including phenoxy) is 1. The van der Waals surface area contributed by atoms with Crippen LogP contribution in [-0.4, -0.2) is 42.0 Å². The lowest BCUT2D eigenvalue weighted by molar-refractivity contribution is 0.0908. The van der Waals surface area contributed by atoms with E-state index in [1.165, 1.54) is 5.56 Å². The second-order valence-electron chi connectivity index (χ2n) is 7.83. The Labute approximate surface area is 182 Å². The molecule has 3 aromatic rings. The number of hydrogen-bond acceptors (Lipinski definition) is 4. The summed E-state index contributed by atoms with van der Waals surface area (Å²) in [6.45, 7) is 4.71. The van der Waals surface area contributed by atoms with Crippen molar-refractivity contribution in [2.24, 2.45) is 0 Å². The molecule has 1 aliphatic rings. The van der Waals surface area contributed by atoms with Crippen LogP contribution >= 0.6 is 11.6 Å². The molecule has 1 amide bonds. The average molecular weight is 424 g/mol. The molecule has 0 bridgehead atoms. The molecule has 2 aromatic carbocycles. The highest BCUT2D eigenvalue weighted by Crippen LogP contribution is 2.22. The minimum atomic E-state index is -0.0473. The van der Waals surface area contributed by atoms with Gasteiger partial charge in [0.15, 0.2) is 0 Å². The van der Waals surface area contributed by atoms with Gasteiger partial charge in [0.1, 0.15) is 5.75 Å². The number of fused-ring (bicyclic) bond motifs is 1. The summed E-state index contributed by atoms with van der Waals surface area (Å²) in [5.41, 5.74) is 3.46. The maximum atomic E-state index is 12.9. The number of aromatic nitrogens is 1. The zero-order chi connectivity index (χ0) is 21.1. The maximum absolute atomic E-state index is 12.9. The Morgan fingerprint density at radius 1 is 1.17 bits per heavy atom. The zero-order valence-corrected chi connectivity index (χ0v) is 18.1. The first kappa shape index (κ1) is 20.6. The van der Waals surface area contributed by atoms with E-state index in [-0.39, 0.29) is 11.9 Å². The highest BCUT2D eigenvalue weighted by atomic mass is 35.5. The summed E-state index contributed by atoms with van der Waals surface area (Å²) in [6, 6.07) is 15.8. The number of piperidine rings is 1. The normalized spacial score (nSPS) is 15.3. The Bertz CT molecular complexity index is 1040. The van der Waals surface area contributed by atoms with Gasteiger partial charge in [-0.1, -0.05) is 23.7 Å². The lowest BCUT2D eigenvalue weighted by atomic mass is 10.0. The molecule has 0 saturated carbocycles. The van der Waals surface area contributed by atoms with Crippen LogP contribution in [0.3, 0.4) is 0 Å². The summed E-state index contributed by atoms with van der Waals surface area (Å²) in [5.74, 6) is 0.714. The first-order chi connectivity index (χ1) is 14.5. The van der Waals surface area contributed by atoms with Crippen LogP contribution in [0.25, 0.3) is 10.9 Å². The molecular weight excluding hydrogens is 398 g/mol. The first-order valence-corrected chi connectivity index (χ1v) is 10.6. The summed E-state index contributed by atoms with van der Waals surface area (Å²) >= 11 is 5.97. The minimum Gasteiger partial charge on any atom is -0.497 e. The molecule has 5 nitrogen and oxygen atoms in total. The van der Waals surface area contributed by atoms with Gasteiger partial charge in [0.2, 0.25) is 0 Å². The molecular formula is C24H26ClN3O2. The van der Waals surface area contributed by atoms with Crippen LogP contribution in [0.15, 0.2) is 48.5 Å². The Balaban J connectivity index is 1.36. The van der Waals surface area contributed by atoms with Crippen molar-refractivity contribution < 1.29 is 9.53 Å². The molecule has 0 spiro atoms. The number of methoxy groups -OCH3 is 1. The number of amides is 1. The van der Waals surface area contributed by atoms with E-state index in [1.54, 1.807) is 7.11 Å². The summed E-state index contributed by atoms with van der Waals surface area (Å²) in [4.78, 5) is 19.9. The smallest absolute Gasteiger partial charge is 0.253 e. The van der Waals surface area contributed by atoms with Crippen molar-refractivity contribution in [3.05, 3.63) is 70.4 Å². The highest BCUT2D eigenvalue weighted by molar-refractivity contribution is 6.30. The van der Waals surface area contributed by atoms with Crippen molar-refractivity contribution in [1.82, 2.24) is 15.2 Å². The fourth-order valence-electron chi connectivity index (χ4n) is 3.95. The van der Waals surface area contributed by atoms with Crippen LogP contribution < -0.4 is 10.1 Å². The van der Waals surface area contributed by atoms with E-state index in [1.807, 2.05) is 43.3 Å². The third kappa shape index (κ3) is 4.74. The average Bonchev–Trinajstić information content (AvgIpc) is 2.75. The number of pyridine rings is 1. The van der Waals surface area contributed by atoms with Crippen LogP contribution in [0.2, 0.25) is 5.02 Å². The number of carbonyl (C=O) groups excluding carboxylic acids is 1. The van der Waals surface area contributed by atoms with Crippen molar-refractivity contribution >= 4 is 28.4 Å². The minimum absolute atomic E-state index is 0.0473. The number of hydrogen-bond donors (Lipinski definition) is 1. The van der Waals surface area contributed by atoms with Gasteiger partial charge in [-0.25, -0.2) is 0 Å². The molecule has 4 rings (SSSR count). The van der Waals surface area contributed by atoms with Gasteiger partial charge >= 0.3 is 0 Å². The topological polar surface area (TPSA) is 54.5 Å². The number of benzene rings is 2. The molecule has 156 valence electrons. The molecule has 6 heteroatoms. The van der Waals surface area contributed by atoms with E-state index in [9.17, 15) is 4.79 Å². The predicted molar refractivity (Wildman–Crippen MR) is 120 cm³/mol. The molecule has 2 heterocycles. The molecule has 0 unspecified atom stereocenters. The summed E-state index contributed by atoms with van der Waals surface area (Å²) in [7, 11) is 1.64. The van der Waals surface area contributed by atoms with Crippen LogP contribution in [0.4, 0.5) is 0 Å². The van der Waals surface area contributed by atoms with Gasteiger partial charge in [0.05, 0.1) is 23.9 Å². The fourth-order valence-corrected chi connectivity index (χ4v) is 4.07. The number of halogens is 1. The number of likely N-dealkylation sites (tertiary alicyclic amines) is 1. The number of rotatable bonds is 5. The van der Waals surface area contributed by atoms with E-state index >= 15 is 0 Å². The van der Waals surface area contributed by atoms with E-state index in [0.717, 1.165) is 59.8 Å². The van der Waals surface area contributed by atoms with E-state index in [4.69, 9.17) is 16.3 Å². The number of nitrogens with one attached hydrogen (secondary N) is 1. The standard InChI is InChI=1S/C24H26ClN3O2/c1-16-22(13-18-5-8-21(30-2)14-23(18)26-16)24(29)27-20-9-11-28(12-10-20)15-17-3-6-19(25)7-4-17/h3-8,13-14,20H,9-12,15H2,1-2H3,(H,27,29). The Morgan fingerprint density at radius 3 is 2.60 bits per heavy atom. The Hall–Kier alpha value is -2.63. The second kappa shape index (κ2) is 9.02. The molecule has 1 saturated heterocycles. The predicted octanol–water partition coefficient (Wildman–Crippen LogP) is 4.60. The largest absolute Gasteiger partial charge is 0.497 e. The quantitative estimate of drug-likeness (QED) is 0.651. The van der Waals surface area contributed by atoms with Gasteiger partial charge in [-0.15, -0.1) is 0 Å². The first-order valence-electron chi connectivity index (χ1n) is 10.2. The van der Waals surface area contributed by atoms with Gasteiger partial charge < -0.3 is 10.1 Å². The summed E-state index contributed by atoms with van der Waals surface area (Å²) in [5, 5.41) is 4.90. The number of aryl methyl sites for hydroxylation is 1. The lowest BCUT2D eigenvalue weighted by Gasteiger charge is -2.32. The van der Waals surface area contributed by atoms with Crippen LogP contribution in [0, 0.1) is 6.92 Å². The monoisotopic (exact) mass is 423 g/mol. The summed E-state index contributed by atoms with van der Waals surface area (Å²) in [6.07, 6.45) is 1.88. The van der Waals surface area contributed by atoms with Crippen molar-refractivity contribution in [2.75, 3.05) is 20.2 Å². The molecule has 1 aromatic heterocycles. The van der Waals surface area contributed by atoms with Crippen molar-refractivity contribution in [3.8, 4) is 5.75 Å². The van der Waals surface area contributed by atoms with Crippen molar-refractivity contribution in [2.45, 2.75) is 32.4 Å². The third-order valence-electron chi connectivity index (χ3n) is 5.70. The molecule has 30 heavy (non-hydrogen) atoms. The van der Waals surface area contributed by atoms with Crippen molar-refractivity contribution in [3.63, 3.8) is 0 Å². The molecule has 0 atom stereocenters. The fraction of sp³-hybridized carbons (Fsp3) is 0.333. The van der Waals surface area contributed by atoms with E-state index in [2.05, 4.69) is 27.3 Å². The molecule has 0 radical (unpaired) electrons. The van der Waals surface area contributed by atoms with Crippen LogP contribution in [0.1, 0.15) is 34.5 Å². The summed E-state index contributed by atoms with van der Waals surface area (Å²) < 4.78 is 5.26. The number of carbonyl (C=O) groups is 1. The van der Waals surface area contributed by atoms with Crippen molar-refractivity contribution in [1.29, 1.82) is 0 Å². The Kier molecular flexibility index (Phi) is 6.21. The third-order valence-corrected chi connectivity index (χ3v) is 5.95. The van der Waals surface area contributed by atoms with Crippen LogP contribution in [0.5, 0.6) is 5.75 Å². The molecule has 0 aliphatic carbocycles. The van der Waals surface area contributed by atoms with Crippen LogP contribution in [-0.2, 0) is 6.54 Å². The van der Waals surface area contributed by atoms with E-state index < -0.39 is 0 Å². The highest BCUT2D eigenvalue weighted by Gasteiger charge is 2.22. The van der Waals surface area contributed by atoms with Gasteiger partial charge in [0, 0.05) is 42.2 Å². The van der Waals surface area contributed by atoms with Gasteiger partial charge in [-0.05, 0) is 55.7 Å². The molecule has 1 fully saturated rings. The Morgan fingerprint density at radius 2 is 1.90 bits per heavy atom. The zero-order valence-electron chi connectivity index (χ0n) is 17.3. The van der Waals surface area contributed by atoms with Gasteiger partial charge in [-0.3, -0.25) is 14.7 Å². The lowest BCUT2D eigenvalue weighted by Crippen LogP contribution is -2.44. The maximum Gasteiger partial charge on any atom is 0.253 e. The molecule has 1 N–H and O–H groups in total.